The summed E-state index contributed by atoms with van der Waals surface area (Å²) in [6.07, 6.45) is 2.36. The number of nitrogens with one attached hydrogen (secondary N) is 1. The smallest absolute Gasteiger partial charge is 0.258 e. The Labute approximate surface area is 145 Å². The summed E-state index contributed by atoms with van der Waals surface area (Å²) in [4.78, 5) is 19.4. The quantitative estimate of drug-likeness (QED) is 0.736. The van der Waals surface area contributed by atoms with Gasteiger partial charge in [0.2, 0.25) is 0 Å². The van der Waals surface area contributed by atoms with Gasteiger partial charge in [-0.3, -0.25) is 9.48 Å². The molecular weight excluding hydrogens is 318 g/mol. The Hall–Kier alpha value is -2.54. The van der Waals surface area contributed by atoms with E-state index in [0.29, 0.717) is 36.1 Å². The molecule has 0 amide bonds. The third kappa shape index (κ3) is 4.11. The van der Waals surface area contributed by atoms with Crippen molar-refractivity contribution in [3.8, 4) is 0 Å². The molecule has 0 saturated heterocycles. The van der Waals surface area contributed by atoms with E-state index >= 15 is 0 Å². The summed E-state index contributed by atoms with van der Waals surface area (Å²) in [6, 6.07) is 7.27. The van der Waals surface area contributed by atoms with Crippen LogP contribution in [0.2, 0.25) is 0 Å². The topological polar surface area (TPSA) is 96.7 Å². The van der Waals surface area contributed by atoms with Crippen LogP contribution in [0.1, 0.15) is 32.3 Å². The van der Waals surface area contributed by atoms with Gasteiger partial charge in [0.1, 0.15) is 5.82 Å². The highest BCUT2D eigenvalue weighted by Gasteiger charge is 2.23. The average Bonchev–Trinajstić information content (AvgIpc) is 3.00. The van der Waals surface area contributed by atoms with Crippen LogP contribution in [0.15, 0.2) is 35.3 Å². The number of aliphatic hydroxyl groups excluding tert-OH is 1. The number of aliphatic hydroxyl groups is 1. The van der Waals surface area contributed by atoms with Crippen LogP contribution in [0.3, 0.4) is 0 Å². The fourth-order valence-electron chi connectivity index (χ4n) is 2.52. The van der Waals surface area contributed by atoms with Crippen LogP contribution >= 0.6 is 0 Å². The van der Waals surface area contributed by atoms with Gasteiger partial charge < -0.3 is 10.1 Å². The van der Waals surface area contributed by atoms with E-state index in [-0.39, 0.29) is 11.0 Å². The van der Waals surface area contributed by atoms with Crippen LogP contribution in [0.25, 0.3) is 10.9 Å². The van der Waals surface area contributed by atoms with Gasteiger partial charge in [-0.1, -0.05) is 38.1 Å². The van der Waals surface area contributed by atoms with E-state index in [1.54, 1.807) is 10.7 Å². The minimum atomic E-state index is -0.476. The van der Waals surface area contributed by atoms with Crippen molar-refractivity contribution in [1.82, 2.24) is 25.0 Å². The Balaban J connectivity index is 1.67. The summed E-state index contributed by atoms with van der Waals surface area (Å²) in [5.74, 6) is 0.621. The fourth-order valence-corrected chi connectivity index (χ4v) is 2.52. The number of fused-ring (bicyclic) bond motifs is 1. The fraction of sp³-hybridized carbons (Fsp3) is 0.444. The molecule has 0 fully saturated rings. The Morgan fingerprint density at radius 1 is 1.28 bits per heavy atom. The van der Waals surface area contributed by atoms with Crippen LogP contribution in [-0.2, 0) is 19.4 Å². The first-order valence-electron chi connectivity index (χ1n) is 8.38. The Bertz CT molecular complexity index is 923. The molecule has 2 heterocycles. The molecule has 1 unspecified atom stereocenters. The average molecular weight is 341 g/mol. The maximum atomic E-state index is 12.1. The van der Waals surface area contributed by atoms with E-state index in [0.717, 1.165) is 5.69 Å². The van der Waals surface area contributed by atoms with E-state index in [9.17, 15) is 9.90 Å². The number of hydrogen-bond donors (Lipinski definition) is 2. The molecule has 0 aliphatic heterocycles. The lowest BCUT2D eigenvalue weighted by Gasteiger charge is -2.24. The molecule has 25 heavy (non-hydrogen) atoms. The Morgan fingerprint density at radius 3 is 2.80 bits per heavy atom. The third-order valence-corrected chi connectivity index (χ3v) is 4.23. The van der Waals surface area contributed by atoms with Gasteiger partial charge in [0, 0.05) is 25.6 Å². The molecule has 0 saturated carbocycles. The second-order valence-corrected chi connectivity index (χ2v) is 7.34. The first-order valence-corrected chi connectivity index (χ1v) is 8.38. The summed E-state index contributed by atoms with van der Waals surface area (Å²) >= 11 is 0. The van der Waals surface area contributed by atoms with E-state index in [4.69, 9.17) is 0 Å². The number of rotatable bonds is 5. The molecular formula is C18H23N5O2. The van der Waals surface area contributed by atoms with Gasteiger partial charge in [0.25, 0.3) is 5.56 Å². The molecule has 1 atom stereocenters. The monoisotopic (exact) mass is 341 g/mol. The lowest BCUT2D eigenvalue weighted by Crippen LogP contribution is -2.28. The zero-order valence-electron chi connectivity index (χ0n) is 14.7. The summed E-state index contributed by atoms with van der Waals surface area (Å²) < 4.78 is 1.71. The lowest BCUT2D eigenvalue weighted by atomic mass is 9.87. The van der Waals surface area contributed by atoms with Gasteiger partial charge in [0.15, 0.2) is 0 Å². The van der Waals surface area contributed by atoms with Crippen molar-refractivity contribution in [2.75, 3.05) is 0 Å². The van der Waals surface area contributed by atoms with E-state index in [2.05, 4.69) is 20.3 Å². The molecule has 3 aromatic rings. The second kappa shape index (κ2) is 6.76. The van der Waals surface area contributed by atoms with E-state index < -0.39 is 6.10 Å². The maximum absolute atomic E-state index is 12.1. The predicted octanol–water partition coefficient (Wildman–Crippen LogP) is 1.71. The second-order valence-electron chi connectivity index (χ2n) is 7.34. The van der Waals surface area contributed by atoms with Gasteiger partial charge >= 0.3 is 0 Å². The van der Waals surface area contributed by atoms with Crippen molar-refractivity contribution in [2.45, 2.75) is 46.3 Å². The highest BCUT2D eigenvalue weighted by atomic mass is 16.3. The molecule has 2 aromatic heterocycles. The van der Waals surface area contributed by atoms with Crippen LogP contribution in [-0.4, -0.2) is 36.2 Å². The Morgan fingerprint density at radius 2 is 2.04 bits per heavy atom. The predicted molar refractivity (Wildman–Crippen MR) is 95.3 cm³/mol. The Kier molecular flexibility index (Phi) is 4.67. The van der Waals surface area contributed by atoms with Crippen LogP contribution in [0.4, 0.5) is 0 Å². The standard InChI is InChI=1S/C18H23N5O2/c1-18(2,3)15(24)10-12-11-23(22-21-12)9-8-16-19-14-7-5-4-6-13(14)17(25)20-16/h4-7,11,15,24H,8-10H2,1-3H3,(H,19,20,25). The van der Waals surface area contributed by atoms with Crippen molar-refractivity contribution in [2.24, 2.45) is 5.41 Å². The van der Waals surface area contributed by atoms with Gasteiger partial charge in [-0.15, -0.1) is 5.10 Å². The normalized spacial score (nSPS) is 13.3. The number of H-pyrrole nitrogens is 1. The van der Waals surface area contributed by atoms with E-state index in [1.165, 1.54) is 0 Å². The zero-order chi connectivity index (χ0) is 18.0. The molecule has 7 heteroatoms. The largest absolute Gasteiger partial charge is 0.392 e. The van der Waals surface area contributed by atoms with Crippen LogP contribution in [0, 0.1) is 5.41 Å². The van der Waals surface area contributed by atoms with Gasteiger partial charge in [-0.25, -0.2) is 4.98 Å². The molecule has 0 spiro atoms. The minimum Gasteiger partial charge on any atom is -0.392 e. The third-order valence-electron chi connectivity index (χ3n) is 4.23. The van der Waals surface area contributed by atoms with Crippen LogP contribution < -0.4 is 5.56 Å². The van der Waals surface area contributed by atoms with Gasteiger partial charge in [0.05, 0.1) is 22.7 Å². The highest BCUT2D eigenvalue weighted by molar-refractivity contribution is 5.77. The number of para-hydroxylation sites is 1. The molecule has 0 aliphatic carbocycles. The lowest BCUT2D eigenvalue weighted by molar-refractivity contribution is 0.0627. The first kappa shape index (κ1) is 17.3. The van der Waals surface area contributed by atoms with Crippen molar-refractivity contribution >= 4 is 10.9 Å². The minimum absolute atomic E-state index is 0.131. The van der Waals surface area contributed by atoms with Crippen molar-refractivity contribution < 1.29 is 5.11 Å². The zero-order valence-corrected chi connectivity index (χ0v) is 14.7. The van der Waals surface area contributed by atoms with Gasteiger partial charge in [-0.05, 0) is 17.5 Å². The molecule has 7 nitrogen and oxygen atoms in total. The SMILES string of the molecule is CC(C)(C)C(O)Cc1cn(CCc2nc3ccccc3c(=O)[nH]2)nn1. The molecule has 0 bridgehead atoms. The van der Waals surface area contributed by atoms with Gasteiger partial charge in [-0.2, -0.15) is 0 Å². The molecule has 2 N–H and O–H groups in total. The van der Waals surface area contributed by atoms with Crippen molar-refractivity contribution in [3.63, 3.8) is 0 Å². The first-order chi connectivity index (χ1) is 11.8. The number of aromatic nitrogens is 5. The summed E-state index contributed by atoms with van der Waals surface area (Å²) in [7, 11) is 0. The van der Waals surface area contributed by atoms with E-state index in [1.807, 2.05) is 45.2 Å². The number of aromatic amines is 1. The molecule has 132 valence electrons. The van der Waals surface area contributed by atoms with Crippen molar-refractivity contribution in [3.05, 3.63) is 52.3 Å². The summed E-state index contributed by atoms with van der Waals surface area (Å²) in [5, 5.41) is 18.9. The number of nitrogens with zero attached hydrogens (tertiary/aromatic N) is 4. The molecule has 3 rings (SSSR count). The molecule has 0 aliphatic rings. The van der Waals surface area contributed by atoms with Crippen molar-refractivity contribution in [1.29, 1.82) is 0 Å². The number of benzene rings is 1. The summed E-state index contributed by atoms with van der Waals surface area (Å²) in [5.41, 5.74) is 1.11. The molecule has 1 aromatic carbocycles. The maximum Gasteiger partial charge on any atom is 0.258 e. The number of hydrogen-bond acceptors (Lipinski definition) is 5. The van der Waals surface area contributed by atoms with Crippen LogP contribution in [0.5, 0.6) is 0 Å². The molecule has 0 radical (unpaired) electrons. The highest BCUT2D eigenvalue weighted by Crippen LogP contribution is 2.21. The number of aryl methyl sites for hydroxylation is 2. The summed E-state index contributed by atoms with van der Waals surface area (Å²) in [6.45, 7) is 6.53.